The number of hydrogen-bond donors (Lipinski definition) is 0. The molecule has 174 valence electrons. The van der Waals surface area contributed by atoms with Gasteiger partial charge in [-0.3, -0.25) is 9.59 Å². The van der Waals surface area contributed by atoms with Gasteiger partial charge in [0.15, 0.2) is 0 Å². The zero-order chi connectivity index (χ0) is 21.4. The lowest BCUT2D eigenvalue weighted by atomic mass is 9.81. The molecule has 0 aromatic carbocycles. The minimum Gasteiger partial charge on any atom is -0.465 e. The van der Waals surface area contributed by atoms with Gasteiger partial charge < -0.3 is 9.47 Å². The maximum Gasteiger partial charge on any atom is 0.309 e. The zero-order valence-electron chi connectivity index (χ0n) is 19.5. The molecular formula is C26H46O4. The zero-order valence-corrected chi connectivity index (χ0v) is 19.5. The van der Waals surface area contributed by atoms with E-state index in [1.165, 1.54) is 57.8 Å². The van der Waals surface area contributed by atoms with Crippen LogP contribution >= 0.6 is 0 Å². The van der Waals surface area contributed by atoms with Crippen LogP contribution in [0.1, 0.15) is 129 Å². The van der Waals surface area contributed by atoms with Gasteiger partial charge in [0.05, 0.1) is 18.4 Å². The standard InChI is InChI=1S/C26H46O4/c1-2-3-4-5-6-7-8-9-10-14-20-29-25(27)22-16-15-17-23(21-22)26(28)30-24-18-12-11-13-19-24/h22-24H,2-21H2,1H3. The van der Waals surface area contributed by atoms with Gasteiger partial charge in [-0.2, -0.15) is 0 Å². The normalized spacial score (nSPS) is 22.6. The second-order valence-electron chi connectivity index (χ2n) is 9.61. The van der Waals surface area contributed by atoms with Crippen LogP contribution in [-0.4, -0.2) is 24.6 Å². The van der Waals surface area contributed by atoms with Gasteiger partial charge in [0.1, 0.15) is 6.10 Å². The summed E-state index contributed by atoms with van der Waals surface area (Å²) in [6, 6.07) is 0. The molecule has 4 heteroatoms. The van der Waals surface area contributed by atoms with Crippen LogP contribution in [-0.2, 0) is 19.1 Å². The number of unbranched alkanes of at least 4 members (excludes halogenated alkanes) is 9. The van der Waals surface area contributed by atoms with Crippen molar-refractivity contribution in [1.29, 1.82) is 0 Å². The molecule has 2 fully saturated rings. The van der Waals surface area contributed by atoms with Crippen molar-refractivity contribution in [3.63, 3.8) is 0 Å². The monoisotopic (exact) mass is 422 g/mol. The second kappa shape index (κ2) is 15.7. The van der Waals surface area contributed by atoms with E-state index >= 15 is 0 Å². The second-order valence-corrected chi connectivity index (χ2v) is 9.61. The van der Waals surface area contributed by atoms with E-state index in [0.717, 1.165) is 57.8 Å². The largest absolute Gasteiger partial charge is 0.465 e. The fourth-order valence-corrected chi connectivity index (χ4v) is 4.94. The topological polar surface area (TPSA) is 52.6 Å². The molecule has 2 aliphatic carbocycles. The molecule has 4 nitrogen and oxygen atoms in total. The predicted molar refractivity (Wildman–Crippen MR) is 121 cm³/mol. The Hall–Kier alpha value is -1.06. The van der Waals surface area contributed by atoms with Crippen molar-refractivity contribution < 1.29 is 19.1 Å². The number of rotatable bonds is 14. The van der Waals surface area contributed by atoms with Gasteiger partial charge in [0, 0.05) is 0 Å². The highest BCUT2D eigenvalue weighted by Crippen LogP contribution is 2.32. The van der Waals surface area contributed by atoms with Crippen molar-refractivity contribution in [2.24, 2.45) is 11.8 Å². The first-order valence-electron chi connectivity index (χ1n) is 13.1. The molecule has 30 heavy (non-hydrogen) atoms. The van der Waals surface area contributed by atoms with Crippen molar-refractivity contribution in [2.75, 3.05) is 6.61 Å². The Bertz CT molecular complexity index is 470. The summed E-state index contributed by atoms with van der Waals surface area (Å²) < 4.78 is 11.3. The van der Waals surface area contributed by atoms with Crippen LogP contribution in [0, 0.1) is 11.8 Å². The molecule has 2 unspecified atom stereocenters. The first-order chi connectivity index (χ1) is 14.7. The van der Waals surface area contributed by atoms with Gasteiger partial charge in [-0.15, -0.1) is 0 Å². The number of carbonyl (C=O) groups excluding carboxylic acids is 2. The van der Waals surface area contributed by atoms with Crippen LogP contribution in [0.2, 0.25) is 0 Å². The Morgan fingerprint density at radius 1 is 0.667 bits per heavy atom. The lowest BCUT2D eigenvalue weighted by molar-refractivity contribution is -0.159. The maximum absolute atomic E-state index is 12.5. The molecule has 2 aliphatic rings. The van der Waals surface area contributed by atoms with E-state index in [2.05, 4.69) is 6.92 Å². The summed E-state index contributed by atoms with van der Waals surface area (Å²) >= 11 is 0. The molecule has 0 radical (unpaired) electrons. The Morgan fingerprint density at radius 2 is 1.23 bits per heavy atom. The summed E-state index contributed by atoms with van der Waals surface area (Å²) in [4.78, 5) is 25.0. The smallest absolute Gasteiger partial charge is 0.309 e. The Kier molecular flexibility index (Phi) is 13.2. The van der Waals surface area contributed by atoms with E-state index in [0.29, 0.717) is 13.0 Å². The van der Waals surface area contributed by atoms with Crippen molar-refractivity contribution in [1.82, 2.24) is 0 Å². The molecule has 2 atom stereocenters. The Balaban J connectivity index is 1.51. The van der Waals surface area contributed by atoms with Gasteiger partial charge >= 0.3 is 11.9 Å². The van der Waals surface area contributed by atoms with Crippen molar-refractivity contribution in [3.05, 3.63) is 0 Å². The third kappa shape index (κ3) is 10.3. The van der Waals surface area contributed by atoms with E-state index in [4.69, 9.17) is 9.47 Å². The molecular weight excluding hydrogens is 376 g/mol. The third-order valence-corrected chi connectivity index (χ3v) is 6.92. The molecule has 0 amide bonds. The summed E-state index contributed by atoms with van der Waals surface area (Å²) in [6.07, 6.45) is 21.7. The van der Waals surface area contributed by atoms with E-state index < -0.39 is 0 Å². The highest BCUT2D eigenvalue weighted by atomic mass is 16.5. The van der Waals surface area contributed by atoms with Crippen LogP contribution < -0.4 is 0 Å². The summed E-state index contributed by atoms with van der Waals surface area (Å²) in [5, 5.41) is 0. The third-order valence-electron chi connectivity index (χ3n) is 6.92. The summed E-state index contributed by atoms with van der Waals surface area (Å²) in [7, 11) is 0. The summed E-state index contributed by atoms with van der Waals surface area (Å²) in [6.45, 7) is 2.79. The molecule has 2 rings (SSSR count). The molecule has 0 spiro atoms. The van der Waals surface area contributed by atoms with E-state index in [-0.39, 0.29) is 29.9 Å². The highest BCUT2D eigenvalue weighted by Gasteiger charge is 2.34. The van der Waals surface area contributed by atoms with Crippen LogP contribution in [0.25, 0.3) is 0 Å². The first kappa shape index (κ1) is 25.2. The molecule has 0 aromatic heterocycles. The Morgan fingerprint density at radius 3 is 1.87 bits per heavy atom. The lowest BCUT2D eigenvalue weighted by Crippen LogP contribution is -2.32. The van der Waals surface area contributed by atoms with E-state index in [1.807, 2.05) is 0 Å². The molecule has 0 N–H and O–H groups in total. The average Bonchev–Trinajstić information content (AvgIpc) is 2.78. The van der Waals surface area contributed by atoms with Crippen LogP contribution in [0.3, 0.4) is 0 Å². The van der Waals surface area contributed by atoms with Crippen molar-refractivity contribution in [2.45, 2.75) is 135 Å². The Labute approximate surface area is 184 Å². The van der Waals surface area contributed by atoms with Crippen molar-refractivity contribution in [3.8, 4) is 0 Å². The van der Waals surface area contributed by atoms with E-state index in [9.17, 15) is 9.59 Å². The summed E-state index contributed by atoms with van der Waals surface area (Å²) in [5.74, 6) is -0.406. The lowest BCUT2D eigenvalue weighted by Gasteiger charge is -2.29. The number of esters is 2. The van der Waals surface area contributed by atoms with Gasteiger partial charge in [-0.1, -0.05) is 77.6 Å². The fourth-order valence-electron chi connectivity index (χ4n) is 4.94. The molecule has 2 saturated carbocycles. The minimum absolute atomic E-state index is 0.0749. The summed E-state index contributed by atoms with van der Waals surface area (Å²) in [5.41, 5.74) is 0. The highest BCUT2D eigenvalue weighted by molar-refractivity contribution is 5.76. The van der Waals surface area contributed by atoms with Crippen LogP contribution in [0.15, 0.2) is 0 Å². The molecule has 0 heterocycles. The molecule has 0 bridgehead atoms. The van der Waals surface area contributed by atoms with Gasteiger partial charge in [-0.25, -0.2) is 0 Å². The van der Waals surface area contributed by atoms with Crippen LogP contribution in [0.4, 0.5) is 0 Å². The minimum atomic E-state index is -0.120. The van der Waals surface area contributed by atoms with Gasteiger partial charge in [0.2, 0.25) is 0 Å². The van der Waals surface area contributed by atoms with Gasteiger partial charge in [-0.05, 0) is 51.4 Å². The predicted octanol–water partition coefficient (Wildman–Crippen LogP) is 7.13. The quantitative estimate of drug-likeness (QED) is 0.221. The first-order valence-corrected chi connectivity index (χ1v) is 13.1. The average molecular weight is 423 g/mol. The van der Waals surface area contributed by atoms with Crippen LogP contribution in [0.5, 0.6) is 0 Å². The number of ether oxygens (including phenoxy) is 2. The molecule has 0 aliphatic heterocycles. The maximum atomic E-state index is 12.5. The molecule has 0 aromatic rings. The number of carbonyl (C=O) groups is 2. The van der Waals surface area contributed by atoms with Gasteiger partial charge in [0.25, 0.3) is 0 Å². The van der Waals surface area contributed by atoms with Crippen molar-refractivity contribution >= 4 is 11.9 Å². The SMILES string of the molecule is CCCCCCCCCCCCOC(=O)C1CCCC(C(=O)OC2CCCCC2)C1. The molecule has 0 saturated heterocycles. The number of hydrogen-bond acceptors (Lipinski definition) is 4. The fraction of sp³-hybridized carbons (Fsp3) is 0.923. The van der Waals surface area contributed by atoms with E-state index in [1.54, 1.807) is 0 Å².